The minimum atomic E-state index is -0.367. The Hall–Kier alpha value is -2.37. The van der Waals surface area contributed by atoms with Crippen molar-refractivity contribution in [3.63, 3.8) is 0 Å². The standard InChI is InChI=1S/C20H25N3O2.ClH/c1-15(19(21)17-10-6-3-7-11-17)20(25)22-13-12-18(24)23-14-16-8-4-2-5-9-16;/h2-11,15,19H,12-14,21H2,1H3,(H,22,25)(H,23,24);1H. The number of carbonyl (C=O) groups excluding carboxylic acids is 2. The number of hydrogen-bond acceptors (Lipinski definition) is 3. The van der Waals surface area contributed by atoms with E-state index in [0.29, 0.717) is 13.1 Å². The number of hydrogen-bond donors (Lipinski definition) is 3. The van der Waals surface area contributed by atoms with Crippen LogP contribution in [0.15, 0.2) is 60.7 Å². The first kappa shape index (κ1) is 21.7. The molecule has 0 saturated heterocycles. The van der Waals surface area contributed by atoms with Crippen molar-refractivity contribution >= 4 is 24.2 Å². The number of benzene rings is 2. The molecule has 6 heteroatoms. The molecule has 0 aliphatic carbocycles. The first-order valence-corrected chi connectivity index (χ1v) is 8.47. The van der Waals surface area contributed by atoms with Crippen LogP contribution in [0, 0.1) is 5.92 Å². The van der Waals surface area contributed by atoms with E-state index in [2.05, 4.69) is 10.6 Å². The third kappa shape index (κ3) is 6.86. The lowest BCUT2D eigenvalue weighted by atomic mass is 9.95. The molecule has 140 valence electrons. The zero-order chi connectivity index (χ0) is 18.1. The van der Waals surface area contributed by atoms with Crippen molar-refractivity contribution in [2.45, 2.75) is 25.9 Å². The van der Waals surface area contributed by atoms with Crippen LogP contribution < -0.4 is 16.4 Å². The van der Waals surface area contributed by atoms with Crippen LogP contribution in [-0.2, 0) is 16.1 Å². The lowest BCUT2D eigenvalue weighted by molar-refractivity contribution is -0.125. The summed E-state index contributed by atoms with van der Waals surface area (Å²) in [5.41, 5.74) is 8.11. The van der Waals surface area contributed by atoms with E-state index in [1.807, 2.05) is 60.7 Å². The van der Waals surface area contributed by atoms with Crippen LogP contribution in [0.4, 0.5) is 0 Å². The molecule has 2 amide bonds. The molecule has 2 aromatic carbocycles. The van der Waals surface area contributed by atoms with Gasteiger partial charge in [0.1, 0.15) is 0 Å². The Morgan fingerprint density at radius 2 is 1.54 bits per heavy atom. The Morgan fingerprint density at radius 3 is 2.15 bits per heavy atom. The van der Waals surface area contributed by atoms with Gasteiger partial charge in [-0.15, -0.1) is 12.4 Å². The normalized spacial score (nSPS) is 12.4. The molecule has 2 rings (SSSR count). The Kier molecular flexibility index (Phi) is 9.41. The molecule has 0 spiro atoms. The first-order valence-electron chi connectivity index (χ1n) is 8.47. The smallest absolute Gasteiger partial charge is 0.224 e. The van der Waals surface area contributed by atoms with E-state index in [0.717, 1.165) is 11.1 Å². The summed E-state index contributed by atoms with van der Waals surface area (Å²) in [5.74, 6) is -0.605. The van der Waals surface area contributed by atoms with Gasteiger partial charge < -0.3 is 16.4 Å². The fraction of sp³-hybridized carbons (Fsp3) is 0.300. The monoisotopic (exact) mass is 375 g/mol. The summed E-state index contributed by atoms with van der Waals surface area (Å²) >= 11 is 0. The van der Waals surface area contributed by atoms with Crippen molar-refractivity contribution in [2.24, 2.45) is 11.7 Å². The molecule has 2 atom stereocenters. The van der Waals surface area contributed by atoms with E-state index in [1.165, 1.54) is 0 Å². The highest BCUT2D eigenvalue weighted by atomic mass is 35.5. The summed E-state index contributed by atoms with van der Waals surface area (Å²) in [5, 5.41) is 5.62. The predicted molar refractivity (Wildman–Crippen MR) is 106 cm³/mol. The third-order valence-corrected chi connectivity index (χ3v) is 4.12. The fourth-order valence-electron chi connectivity index (χ4n) is 2.47. The van der Waals surface area contributed by atoms with Gasteiger partial charge in [0.15, 0.2) is 0 Å². The van der Waals surface area contributed by atoms with E-state index in [1.54, 1.807) is 6.92 Å². The molecule has 0 radical (unpaired) electrons. The molecule has 5 nitrogen and oxygen atoms in total. The van der Waals surface area contributed by atoms with Gasteiger partial charge in [-0.1, -0.05) is 67.6 Å². The summed E-state index contributed by atoms with van der Waals surface area (Å²) in [6.45, 7) is 2.58. The van der Waals surface area contributed by atoms with Crippen molar-refractivity contribution in [1.82, 2.24) is 10.6 Å². The summed E-state index contributed by atoms with van der Waals surface area (Å²) in [4.78, 5) is 24.0. The van der Waals surface area contributed by atoms with Gasteiger partial charge in [0.05, 0.1) is 5.92 Å². The third-order valence-electron chi connectivity index (χ3n) is 4.12. The number of halogens is 1. The average molecular weight is 376 g/mol. The van der Waals surface area contributed by atoms with Crippen molar-refractivity contribution < 1.29 is 9.59 Å². The lowest BCUT2D eigenvalue weighted by Gasteiger charge is -2.19. The van der Waals surface area contributed by atoms with Crippen LogP contribution in [-0.4, -0.2) is 18.4 Å². The second-order valence-electron chi connectivity index (χ2n) is 6.03. The maximum atomic E-state index is 12.2. The lowest BCUT2D eigenvalue weighted by Crippen LogP contribution is -2.37. The van der Waals surface area contributed by atoms with E-state index in [9.17, 15) is 9.59 Å². The maximum absolute atomic E-state index is 12.2. The largest absolute Gasteiger partial charge is 0.355 e. The van der Waals surface area contributed by atoms with Gasteiger partial charge in [0.2, 0.25) is 11.8 Å². The second-order valence-corrected chi connectivity index (χ2v) is 6.03. The molecule has 0 heterocycles. The minimum Gasteiger partial charge on any atom is -0.355 e. The van der Waals surface area contributed by atoms with E-state index < -0.39 is 0 Å². The fourth-order valence-corrected chi connectivity index (χ4v) is 2.47. The number of amides is 2. The van der Waals surface area contributed by atoms with Gasteiger partial charge in [-0.2, -0.15) is 0 Å². The number of rotatable bonds is 8. The molecular formula is C20H26ClN3O2. The van der Waals surface area contributed by atoms with Crippen LogP contribution in [0.2, 0.25) is 0 Å². The number of carbonyl (C=O) groups is 2. The van der Waals surface area contributed by atoms with Gasteiger partial charge >= 0.3 is 0 Å². The Morgan fingerprint density at radius 1 is 0.962 bits per heavy atom. The zero-order valence-corrected chi connectivity index (χ0v) is 15.7. The minimum absolute atomic E-state index is 0. The highest BCUT2D eigenvalue weighted by Crippen LogP contribution is 2.18. The molecule has 0 aliphatic heterocycles. The summed E-state index contributed by atoms with van der Waals surface area (Å²) in [6.07, 6.45) is 0.242. The highest BCUT2D eigenvalue weighted by molar-refractivity contribution is 5.85. The van der Waals surface area contributed by atoms with Crippen molar-refractivity contribution in [3.8, 4) is 0 Å². The van der Waals surface area contributed by atoms with Gasteiger partial charge in [-0.3, -0.25) is 9.59 Å². The Bertz CT molecular complexity index is 680. The quantitative estimate of drug-likeness (QED) is 0.663. The van der Waals surface area contributed by atoms with Crippen LogP contribution in [0.5, 0.6) is 0 Å². The molecule has 26 heavy (non-hydrogen) atoms. The molecule has 0 aromatic heterocycles. The average Bonchev–Trinajstić information content (AvgIpc) is 2.66. The SMILES string of the molecule is CC(C(=O)NCCC(=O)NCc1ccccc1)C(N)c1ccccc1.Cl. The van der Waals surface area contributed by atoms with E-state index in [4.69, 9.17) is 5.73 Å². The molecular weight excluding hydrogens is 350 g/mol. The summed E-state index contributed by atoms with van der Waals surface area (Å²) in [7, 11) is 0. The van der Waals surface area contributed by atoms with Crippen LogP contribution in [0.25, 0.3) is 0 Å². The topological polar surface area (TPSA) is 84.2 Å². The zero-order valence-electron chi connectivity index (χ0n) is 14.9. The Labute approximate surface area is 160 Å². The van der Waals surface area contributed by atoms with Gasteiger partial charge in [-0.05, 0) is 11.1 Å². The molecule has 0 aliphatic rings. The predicted octanol–water partition coefficient (Wildman–Crippen LogP) is 2.57. The molecule has 2 unspecified atom stereocenters. The molecule has 4 N–H and O–H groups in total. The highest BCUT2D eigenvalue weighted by Gasteiger charge is 2.21. The van der Waals surface area contributed by atoms with Crippen molar-refractivity contribution in [2.75, 3.05) is 6.54 Å². The Balaban J connectivity index is 0.00000338. The maximum Gasteiger partial charge on any atom is 0.224 e. The molecule has 0 bridgehead atoms. The second kappa shape index (κ2) is 11.3. The first-order chi connectivity index (χ1) is 12.1. The van der Waals surface area contributed by atoms with Crippen LogP contribution >= 0.6 is 12.4 Å². The molecule has 0 fully saturated rings. The van der Waals surface area contributed by atoms with Gasteiger partial charge in [0, 0.05) is 25.6 Å². The van der Waals surface area contributed by atoms with Gasteiger partial charge in [0.25, 0.3) is 0 Å². The number of nitrogens with one attached hydrogen (secondary N) is 2. The van der Waals surface area contributed by atoms with Crippen molar-refractivity contribution in [3.05, 3.63) is 71.8 Å². The summed E-state index contributed by atoms with van der Waals surface area (Å²) in [6, 6.07) is 18.9. The summed E-state index contributed by atoms with van der Waals surface area (Å²) < 4.78 is 0. The van der Waals surface area contributed by atoms with Crippen LogP contribution in [0.1, 0.15) is 30.5 Å². The van der Waals surface area contributed by atoms with E-state index >= 15 is 0 Å². The van der Waals surface area contributed by atoms with Gasteiger partial charge in [-0.25, -0.2) is 0 Å². The van der Waals surface area contributed by atoms with Crippen molar-refractivity contribution in [1.29, 1.82) is 0 Å². The number of nitrogens with two attached hydrogens (primary N) is 1. The van der Waals surface area contributed by atoms with E-state index in [-0.39, 0.29) is 42.6 Å². The molecule has 0 saturated carbocycles. The van der Waals surface area contributed by atoms with Crippen LogP contribution in [0.3, 0.4) is 0 Å². The molecule has 2 aromatic rings.